The molecule has 0 radical (unpaired) electrons. The van der Waals surface area contributed by atoms with Crippen LogP contribution in [0.2, 0.25) is 0 Å². The second kappa shape index (κ2) is 2.99. The van der Waals surface area contributed by atoms with Crippen LogP contribution in [0, 0.1) is 10.1 Å². The number of carbonyl (C=O) groups is 1. The minimum absolute atomic E-state index is 0.0336. The average molecular weight is 191 g/mol. The number of ketones is 1. The van der Waals surface area contributed by atoms with E-state index in [0.29, 0.717) is 5.69 Å². The van der Waals surface area contributed by atoms with Gasteiger partial charge in [-0.15, -0.1) is 0 Å². The van der Waals surface area contributed by atoms with Crippen molar-refractivity contribution in [3.05, 3.63) is 33.9 Å². The normalized spacial score (nSPS) is 13.9. The van der Waals surface area contributed by atoms with Crippen LogP contribution < -0.4 is 0 Å². The Morgan fingerprint density at radius 3 is 2.93 bits per heavy atom. The molecule has 0 aliphatic carbocycles. The Kier molecular flexibility index (Phi) is 1.81. The van der Waals surface area contributed by atoms with Crippen molar-refractivity contribution in [1.82, 2.24) is 0 Å². The van der Waals surface area contributed by atoms with Gasteiger partial charge < -0.3 is 0 Å². The van der Waals surface area contributed by atoms with Crippen molar-refractivity contribution in [3.63, 3.8) is 0 Å². The van der Waals surface area contributed by atoms with Crippen LogP contribution in [0.1, 0.15) is 10.4 Å². The average Bonchev–Trinajstić information content (AvgIpc) is 2.18. The molecule has 1 aromatic carbocycles. The van der Waals surface area contributed by atoms with E-state index in [2.05, 4.69) is 10.2 Å². The molecule has 0 atom stereocenters. The van der Waals surface area contributed by atoms with Gasteiger partial charge in [-0.3, -0.25) is 14.9 Å². The van der Waals surface area contributed by atoms with Gasteiger partial charge in [0.05, 0.1) is 16.2 Å². The molecule has 1 aromatic rings. The first-order chi connectivity index (χ1) is 6.68. The van der Waals surface area contributed by atoms with Crippen molar-refractivity contribution >= 4 is 17.2 Å². The van der Waals surface area contributed by atoms with E-state index in [1.807, 2.05) is 0 Å². The summed E-state index contributed by atoms with van der Waals surface area (Å²) in [5.74, 6) is -0.237. The maximum Gasteiger partial charge on any atom is 0.270 e. The predicted molar refractivity (Wildman–Crippen MR) is 46.8 cm³/mol. The van der Waals surface area contributed by atoms with Crippen LogP contribution in [0.3, 0.4) is 0 Å². The molecule has 0 saturated carbocycles. The number of azo groups is 1. The number of nitro groups is 1. The fourth-order valence-electron chi connectivity index (χ4n) is 1.21. The van der Waals surface area contributed by atoms with Crippen LogP contribution in [0.25, 0.3) is 0 Å². The van der Waals surface area contributed by atoms with Gasteiger partial charge in [-0.2, -0.15) is 10.2 Å². The molecule has 0 aromatic heterocycles. The highest BCUT2D eigenvalue weighted by atomic mass is 16.6. The first-order valence-electron chi connectivity index (χ1n) is 3.87. The van der Waals surface area contributed by atoms with E-state index in [1.165, 1.54) is 18.2 Å². The molecule has 6 nitrogen and oxygen atoms in total. The lowest BCUT2D eigenvalue weighted by molar-refractivity contribution is -0.384. The molecule has 1 aliphatic heterocycles. The maximum atomic E-state index is 11.3. The number of non-ortho nitro benzene ring substituents is 1. The SMILES string of the molecule is O=C1CN=Nc2ccc([N+](=O)[O-])cc21. The molecule has 1 heterocycles. The van der Waals surface area contributed by atoms with E-state index >= 15 is 0 Å². The van der Waals surface area contributed by atoms with E-state index in [0.717, 1.165) is 0 Å². The summed E-state index contributed by atoms with van der Waals surface area (Å²) in [5, 5.41) is 17.7. The molecule has 6 heteroatoms. The van der Waals surface area contributed by atoms with Crippen molar-refractivity contribution < 1.29 is 9.72 Å². The smallest absolute Gasteiger partial charge is 0.270 e. The quantitative estimate of drug-likeness (QED) is 0.501. The van der Waals surface area contributed by atoms with Crippen molar-refractivity contribution in [1.29, 1.82) is 0 Å². The topological polar surface area (TPSA) is 84.9 Å². The molecule has 0 N–H and O–H groups in total. The molecule has 14 heavy (non-hydrogen) atoms. The van der Waals surface area contributed by atoms with E-state index in [1.54, 1.807) is 0 Å². The number of rotatable bonds is 1. The Bertz CT molecular complexity index is 453. The third kappa shape index (κ3) is 1.26. The first-order valence-corrected chi connectivity index (χ1v) is 3.87. The highest BCUT2D eigenvalue weighted by Crippen LogP contribution is 2.27. The Labute approximate surface area is 78.4 Å². The second-order valence-electron chi connectivity index (χ2n) is 2.78. The lowest BCUT2D eigenvalue weighted by atomic mass is 10.1. The molecule has 0 unspecified atom stereocenters. The largest absolute Gasteiger partial charge is 0.292 e. The van der Waals surface area contributed by atoms with Crippen molar-refractivity contribution in [3.8, 4) is 0 Å². The van der Waals surface area contributed by atoms with Crippen LogP contribution >= 0.6 is 0 Å². The van der Waals surface area contributed by atoms with Crippen LogP contribution in [-0.4, -0.2) is 17.3 Å². The predicted octanol–water partition coefficient (Wildman–Crippen LogP) is 1.87. The molecule has 0 saturated heterocycles. The van der Waals surface area contributed by atoms with Gasteiger partial charge in [0, 0.05) is 12.1 Å². The van der Waals surface area contributed by atoms with E-state index in [4.69, 9.17) is 0 Å². The molecular weight excluding hydrogens is 186 g/mol. The van der Waals surface area contributed by atoms with Crippen LogP contribution in [0.5, 0.6) is 0 Å². The number of hydrogen-bond donors (Lipinski definition) is 0. The van der Waals surface area contributed by atoms with Gasteiger partial charge in [0.1, 0.15) is 6.54 Å². The van der Waals surface area contributed by atoms with Crippen molar-refractivity contribution in [2.45, 2.75) is 0 Å². The molecule has 0 amide bonds. The summed E-state index contributed by atoms with van der Waals surface area (Å²) < 4.78 is 0. The van der Waals surface area contributed by atoms with E-state index in [9.17, 15) is 14.9 Å². The molecule has 2 rings (SSSR count). The minimum Gasteiger partial charge on any atom is -0.292 e. The lowest BCUT2D eigenvalue weighted by Crippen LogP contribution is -2.07. The number of fused-ring (bicyclic) bond motifs is 1. The number of benzene rings is 1. The first kappa shape index (κ1) is 8.49. The van der Waals surface area contributed by atoms with Crippen molar-refractivity contribution in [2.75, 3.05) is 6.54 Å². The highest BCUT2D eigenvalue weighted by Gasteiger charge is 2.18. The molecule has 1 aliphatic rings. The fraction of sp³-hybridized carbons (Fsp3) is 0.125. The van der Waals surface area contributed by atoms with Crippen LogP contribution in [0.4, 0.5) is 11.4 Å². The van der Waals surface area contributed by atoms with Gasteiger partial charge in [-0.05, 0) is 6.07 Å². The summed E-state index contributed by atoms with van der Waals surface area (Å²) in [5.41, 5.74) is 0.565. The third-order valence-corrected chi connectivity index (χ3v) is 1.88. The number of nitro benzene ring substituents is 1. The zero-order chi connectivity index (χ0) is 10.1. The van der Waals surface area contributed by atoms with E-state index < -0.39 is 4.92 Å². The summed E-state index contributed by atoms with van der Waals surface area (Å²) in [6.45, 7) is -0.0336. The van der Waals surface area contributed by atoms with Gasteiger partial charge in [-0.25, -0.2) is 0 Å². The van der Waals surface area contributed by atoms with Gasteiger partial charge in [0.15, 0.2) is 5.78 Å². The number of hydrogen-bond acceptors (Lipinski definition) is 5. The molecule has 0 spiro atoms. The summed E-state index contributed by atoms with van der Waals surface area (Å²) in [6, 6.07) is 3.96. The minimum atomic E-state index is -0.542. The molecule has 0 fully saturated rings. The van der Waals surface area contributed by atoms with Gasteiger partial charge in [-0.1, -0.05) is 0 Å². The maximum absolute atomic E-state index is 11.3. The third-order valence-electron chi connectivity index (χ3n) is 1.88. The summed E-state index contributed by atoms with van der Waals surface area (Å²) in [7, 11) is 0. The van der Waals surface area contributed by atoms with E-state index in [-0.39, 0.29) is 23.6 Å². The number of carbonyl (C=O) groups excluding carboxylic acids is 1. The van der Waals surface area contributed by atoms with Gasteiger partial charge >= 0.3 is 0 Å². The summed E-state index contributed by atoms with van der Waals surface area (Å²) >= 11 is 0. The molecular formula is C8H5N3O3. The molecule has 70 valence electrons. The van der Waals surface area contributed by atoms with Crippen LogP contribution in [-0.2, 0) is 0 Å². The Balaban J connectivity index is 2.57. The standard InChI is InChI=1S/C8H5N3O3/c12-8-4-9-10-7-2-1-5(11(13)14)3-6(7)8/h1-3H,4H2. The summed E-state index contributed by atoms with van der Waals surface area (Å²) in [6.07, 6.45) is 0. The zero-order valence-electron chi connectivity index (χ0n) is 7.01. The highest BCUT2D eigenvalue weighted by molar-refractivity contribution is 6.03. The van der Waals surface area contributed by atoms with Gasteiger partial charge in [0.2, 0.25) is 0 Å². The van der Waals surface area contributed by atoms with Crippen molar-refractivity contribution in [2.24, 2.45) is 10.2 Å². The fourth-order valence-corrected chi connectivity index (χ4v) is 1.21. The number of Topliss-reactive ketones (excluding diaryl/α,β-unsaturated/α-hetero) is 1. The number of nitrogens with zero attached hydrogens (tertiary/aromatic N) is 3. The second-order valence-corrected chi connectivity index (χ2v) is 2.78. The Hall–Kier alpha value is -2.11. The Morgan fingerprint density at radius 2 is 2.21 bits per heavy atom. The monoisotopic (exact) mass is 191 g/mol. The van der Waals surface area contributed by atoms with Crippen LogP contribution in [0.15, 0.2) is 28.4 Å². The Morgan fingerprint density at radius 1 is 1.43 bits per heavy atom. The summed E-state index contributed by atoms with van der Waals surface area (Å²) in [4.78, 5) is 21.2. The van der Waals surface area contributed by atoms with Gasteiger partial charge in [0.25, 0.3) is 5.69 Å². The lowest BCUT2D eigenvalue weighted by Gasteiger charge is -2.05. The zero-order valence-corrected chi connectivity index (χ0v) is 7.01. The molecule has 0 bridgehead atoms.